The Hall–Kier alpha value is -2.75. The molecule has 1 aromatic rings. The van der Waals surface area contributed by atoms with Crippen molar-refractivity contribution in [1.29, 1.82) is 0 Å². The third kappa shape index (κ3) is 6.28. The maximum atomic E-state index is 12.0. The van der Waals surface area contributed by atoms with Crippen molar-refractivity contribution >= 4 is 34.8 Å². The van der Waals surface area contributed by atoms with Crippen molar-refractivity contribution in [3.8, 4) is 5.75 Å². The van der Waals surface area contributed by atoms with Crippen LogP contribution < -0.4 is 20.9 Å². The van der Waals surface area contributed by atoms with Gasteiger partial charge >= 0.3 is 0 Å². The van der Waals surface area contributed by atoms with E-state index in [0.29, 0.717) is 5.75 Å². The Morgan fingerprint density at radius 3 is 2.42 bits per heavy atom. The van der Waals surface area contributed by atoms with Crippen molar-refractivity contribution in [2.24, 2.45) is 5.92 Å². The second-order valence-electron chi connectivity index (χ2n) is 5.87. The first-order valence-corrected chi connectivity index (χ1v) is 8.63. The molecular formula is C16H20N4O5S. The molecular weight excluding hydrogens is 360 g/mol. The number of hydrazine groups is 1. The summed E-state index contributed by atoms with van der Waals surface area (Å²) in [6, 6.07) is 5.35. The summed E-state index contributed by atoms with van der Waals surface area (Å²) in [5, 5.41) is 13.1. The van der Waals surface area contributed by atoms with Crippen LogP contribution in [0.4, 0.5) is 5.69 Å². The van der Waals surface area contributed by atoms with E-state index in [2.05, 4.69) is 16.2 Å². The van der Waals surface area contributed by atoms with Crippen molar-refractivity contribution in [3.63, 3.8) is 0 Å². The van der Waals surface area contributed by atoms with Gasteiger partial charge in [0.15, 0.2) is 11.7 Å². The van der Waals surface area contributed by atoms with Crippen molar-refractivity contribution in [1.82, 2.24) is 16.2 Å². The lowest BCUT2D eigenvalue weighted by atomic mass is 9.89. The number of carbonyl (C=O) groups excluding carboxylic acids is 2. The second-order valence-corrected chi connectivity index (χ2v) is 6.27. The van der Waals surface area contributed by atoms with Crippen LogP contribution in [-0.4, -0.2) is 28.5 Å². The van der Waals surface area contributed by atoms with E-state index in [-0.39, 0.29) is 29.2 Å². The summed E-state index contributed by atoms with van der Waals surface area (Å²) in [6.07, 6.45) is 4.93. The number of ether oxygens (including phenoxy) is 1. The third-order valence-corrected chi connectivity index (χ3v) is 4.15. The normalized spacial score (nSPS) is 14.2. The largest absolute Gasteiger partial charge is 0.484 e. The van der Waals surface area contributed by atoms with Gasteiger partial charge in [0.1, 0.15) is 5.75 Å². The van der Waals surface area contributed by atoms with E-state index in [9.17, 15) is 19.7 Å². The first kappa shape index (κ1) is 19.6. The van der Waals surface area contributed by atoms with Crippen LogP contribution in [0, 0.1) is 16.0 Å². The second kappa shape index (κ2) is 9.66. The fourth-order valence-corrected chi connectivity index (χ4v) is 2.74. The van der Waals surface area contributed by atoms with Gasteiger partial charge in [0.05, 0.1) is 4.92 Å². The molecule has 0 aliphatic heterocycles. The number of non-ortho nitro benzene ring substituents is 1. The van der Waals surface area contributed by atoms with E-state index in [1.165, 1.54) is 24.3 Å². The van der Waals surface area contributed by atoms with Gasteiger partial charge in [-0.05, 0) is 37.2 Å². The fourth-order valence-electron chi connectivity index (χ4n) is 2.59. The number of hydrogen-bond donors (Lipinski definition) is 3. The topological polar surface area (TPSA) is 123 Å². The number of amides is 2. The molecule has 2 amide bonds. The summed E-state index contributed by atoms with van der Waals surface area (Å²) in [5.41, 5.74) is 4.69. The molecule has 10 heteroatoms. The molecule has 1 fully saturated rings. The van der Waals surface area contributed by atoms with Crippen molar-refractivity contribution in [3.05, 3.63) is 34.4 Å². The zero-order chi connectivity index (χ0) is 18.9. The van der Waals surface area contributed by atoms with Crippen LogP contribution >= 0.6 is 12.2 Å². The molecule has 0 bridgehead atoms. The van der Waals surface area contributed by atoms with E-state index in [0.717, 1.165) is 32.1 Å². The van der Waals surface area contributed by atoms with Crippen LogP contribution in [-0.2, 0) is 9.59 Å². The zero-order valence-corrected chi connectivity index (χ0v) is 14.8. The zero-order valence-electron chi connectivity index (χ0n) is 14.0. The molecule has 0 spiro atoms. The van der Waals surface area contributed by atoms with Gasteiger partial charge in [-0.1, -0.05) is 19.3 Å². The molecule has 140 valence electrons. The lowest BCUT2D eigenvalue weighted by Gasteiger charge is -2.21. The van der Waals surface area contributed by atoms with E-state index in [1.807, 2.05) is 0 Å². The Morgan fingerprint density at radius 2 is 1.81 bits per heavy atom. The molecule has 1 aromatic carbocycles. The minimum Gasteiger partial charge on any atom is -0.484 e. The first-order valence-electron chi connectivity index (χ1n) is 8.22. The number of nitrogens with zero attached hydrogens (tertiary/aromatic N) is 1. The SMILES string of the molecule is O=C(COc1ccc([N+](=O)[O-])cc1)NNC(=S)NC(=O)C1CCCCC1. The van der Waals surface area contributed by atoms with Gasteiger partial charge in [-0.3, -0.25) is 30.6 Å². The number of hydrogen-bond acceptors (Lipinski definition) is 6. The van der Waals surface area contributed by atoms with Crippen molar-refractivity contribution in [2.75, 3.05) is 6.61 Å². The number of benzene rings is 1. The molecule has 1 aliphatic rings. The smallest absolute Gasteiger partial charge is 0.276 e. The molecule has 26 heavy (non-hydrogen) atoms. The quantitative estimate of drug-likeness (QED) is 0.402. The Bertz CT molecular complexity index is 674. The predicted molar refractivity (Wildman–Crippen MR) is 97.2 cm³/mol. The van der Waals surface area contributed by atoms with Gasteiger partial charge in [0.25, 0.3) is 11.6 Å². The Labute approximate surface area is 155 Å². The molecule has 0 heterocycles. The maximum Gasteiger partial charge on any atom is 0.276 e. The van der Waals surface area contributed by atoms with Crippen LogP contribution in [0.2, 0.25) is 0 Å². The average Bonchev–Trinajstić information content (AvgIpc) is 2.65. The van der Waals surface area contributed by atoms with Gasteiger partial charge < -0.3 is 10.1 Å². The Kier molecular flexibility index (Phi) is 7.27. The van der Waals surface area contributed by atoms with Crippen molar-refractivity contribution in [2.45, 2.75) is 32.1 Å². The summed E-state index contributed by atoms with van der Waals surface area (Å²) in [6.45, 7) is -0.315. The standard InChI is InChI=1S/C16H20N4O5S/c21-14(10-25-13-8-6-12(7-9-13)20(23)24)18-19-16(26)17-15(22)11-4-2-1-3-5-11/h6-9,11H,1-5,10H2,(H,18,21)(H2,17,19,22,26). The van der Waals surface area contributed by atoms with E-state index in [1.54, 1.807) is 0 Å². The molecule has 1 aliphatic carbocycles. The molecule has 0 saturated heterocycles. The monoisotopic (exact) mass is 380 g/mol. The molecule has 3 N–H and O–H groups in total. The fraction of sp³-hybridized carbons (Fsp3) is 0.438. The van der Waals surface area contributed by atoms with Gasteiger partial charge in [-0.15, -0.1) is 0 Å². The summed E-state index contributed by atoms with van der Waals surface area (Å²) in [5.74, 6) is -0.375. The van der Waals surface area contributed by atoms with E-state index < -0.39 is 10.8 Å². The summed E-state index contributed by atoms with van der Waals surface area (Å²) in [4.78, 5) is 33.7. The van der Waals surface area contributed by atoms with Gasteiger partial charge in [0, 0.05) is 18.1 Å². The molecule has 2 rings (SSSR count). The molecule has 9 nitrogen and oxygen atoms in total. The number of carbonyl (C=O) groups is 2. The minimum absolute atomic E-state index is 0.0178. The first-order chi connectivity index (χ1) is 12.5. The number of nitro groups is 1. The molecule has 0 atom stereocenters. The van der Waals surface area contributed by atoms with Crippen LogP contribution in [0.1, 0.15) is 32.1 Å². The lowest BCUT2D eigenvalue weighted by molar-refractivity contribution is -0.384. The highest BCUT2D eigenvalue weighted by atomic mass is 32.1. The molecule has 0 aromatic heterocycles. The van der Waals surface area contributed by atoms with Gasteiger partial charge in [-0.2, -0.15) is 0 Å². The molecule has 0 unspecified atom stereocenters. The summed E-state index contributed by atoms with van der Waals surface area (Å²) in [7, 11) is 0. The van der Waals surface area contributed by atoms with Crippen LogP contribution in [0.3, 0.4) is 0 Å². The highest BCUT2D eigenvalue weighted by Gasteiger charge is 2.21. The van der Waals surface area contributed by atoms with Crippen LogP contribution in [0.5, 0.6) is 5.75 Å². The highest BCUT2D eigenvalue weighted by Crippen LogP contribution is 2.23. The highest BCUT2D eigenvalue weighted by molar-refractivity contribution is 7.80. The number of nitro benzene ring substituents is 1. The third-order valence-electron chi connectivity index (χ3n) is 3.95. The van der Waals surface area contributed by atoms with E-state index in [4.69, 9.17) is 17.0 Å². The summed E-state index contributed by atoms with van der Waals surface area (Å²) < 4.78 is 5.21. The Morgan fingerprint density at radius 1 is 1.15 bits per heavy atom. The average molecular weight is 380 g/mol. The Balaban J connectivity index is 1.66. The van der Waals surface area contributed by atoms with Gasteiger partial charge in [-0.25, -0.2) is 0 Å². The van der Waals surface area contributed by atoms with E-state index >= 15 is 0 Å². The number of nitrogens with one attached hydrogen (secondary N) is 3. The minimum atomic E-state index is -0.525. The van der Waals surface area contributed by atoms with Gasteiger partial charge in [0.2, 0.25) is 5.91 Å². The molecule has 1 saturated carbocycles. The number of thiocarbonyl (C=S) groups is 1. The van der Waals surface area contributed by atoms with Crippen LogP contribution in [0.25, 0.3) is 0 Å². The predicted octanol–water partition coefficient (Wildman–Crippen LogP) is 1.58. The van der Waals surface area contributed by atoms with Crippen molar-refractivity contribution < 1.29 is 19.2 Å². The summed E-state index contributed by atoms with van der Waals surface area (Å²) >= 11 is 4.97. The lowest BCUT2D eigenvalue weighted by Crippen LogP contribution is -2.50. The van der Waals surface area contributed by atoms with Crippen LogP contribution in [0.15, 0.2) is 24.3 Å². The number of rotatable bonds is 5. The molecule has 0 radical (unpaired) electrons. The maximum absolute atomic E-state index is 12.0.